The molecule has 1 aliphatic carbocycles. The van der Waals surface area contributed by atoms with Gasteiger partial charge < -0.3 is 9.47 Å². The second-order valence-electron chi connectivity index (χ2n) is 6.00. The predicted octanol–water partition coefficient (Wildman–Crippen LogP) is 2.03. The number of amides is 2. The summed E-state index contributed by atoms with van der Waals surface area (Å²) < 4.78 is 24.0. The largest absolute Gasteiger partial charge is 0.475 e. The maximum Gasteiger partial charge on any atom is 0.343 e. The lowest BCUT2D eigenvalue weighted by atomic mass is 9.93. The van der Waals surface area contributed by atoms with Gasteiger partial charge in [0.1, 0.15) is 0 Å². The lowest BCUT2D eigenvalue weighted by Crippen LogP contribution is -2.32. The van der Waals surface area contributed by atoms with Crippen LogP contribution in [0.25, 0.3) is 0 Å². The normalized spacial score (nSPS) is 16.4. The molecule has 0 fully saturated rings. The average molecular weight is 378 g/mol. The van der Waals surface area contributed by atoms with Crippen molar-refractivity contribution in [1.29, 1.82) is 0 Å². The van der Waals surface area contributed by atoms with Gasteiger partial charge in [0.15, 0.2) is 18.2 Å². The van der Waals surface area contributed by atoms with Gasteiger partial charge in [-0.1, -0.05) is 0 Å². The fraction of sp³-hybridized carbons (Fsp3) is 0.353. The molecule has 0 radical (unpaired) electrons. The number of nitro groups is 1. The van der Waals surface area contributed by atoms with E-state index in [0.29, 0.717) is 35.0 Å². The first kappa shape index (κ1) is 18.5. The number of rotatable bonds is 5. The van der Waals surface area contributed by atoms with Crippen molar-refractivity contribution in [1.82, 2.24) is 0 Å². The molecule has 9 nitrogen and oxygen atoms in total. The average Bonchev–Trinajstić information content (AvgIpc) is 2.91. The second-order valence-corrected chi connectivity index (χ2v) is 6.00. The number of carbonyl (C=O) groups is 3. The number of ether oxygens (including phenoxy) is 2. The molecular formula is C17H15FN2O7. The van der Waals surface area contributed by atoms with E-state index in [2.05, 4.69) is 4.74 Å². The molecule has 0 spiro atoms. The molecule has 0 atom stereocenters. The minimum Gasteiger partial charge on any atom is -0.475 e. The monoisotopic (exact) mass is 378 g/mol. The molecule has 1 aliphatic heterocycles. The van der Waals surface area contributed by atoms with E-state index in [1.54, 1.807) is 0 Å². The number of anilines is 1. The van der Waals surface area contributed by atoms with Gasteiger partial charge in [-0.05, 0) is 25.7 Å². The molecule has 0 saturated heterocycles. The van der Waals surface area contributed by atoms with Crippen LogP contribution in [0.4, 0.5) is 15.8 Å². The van der Waals surface area contributed by atoms with Crippen LogP contribution in [0.15, 0.2) is 23.3 Å². The Labute approximate surface area is 152 Å². The van der Waals surface area contributed by atoms with E-state index >= 15 is 0 Å². The number of nitrogens with zero attached hydrogens (tertiary/aromatic N) is 2. The van der Waals surface area contributed by atoms with Gasteiger partial charge in [0, 0.05) is 17.2 Å². The number of nitro benzene ring substituents is 1. The van der Waals surface area contributed by atoms with Gasteiger partial charge in [-0.2, -0.15) is 0 Å². The van der Waals surface area contributed by atoms with Gasteiger partial charge in [-0.15, -0.1) is 0 Å². The fourth-order valence-corrected chi connectivity index (χ4v) is 3.12. The fourth-order valence-electron chi connectivity index (χ4n) is 3.12. The molecule has 27 heavy (non-hydrogen) atoms. The summed E-state index contributed by atoms with van der Waals surface area (Å²) >= 11 is 0. The molecule has 10 heteroatoms. The molecule has 1 aromatic rings. The molecule has 1 aromatic carbocycles. The summed E-state index contributed by atoms with van der Waals surface area (Å²) in [6.45, 7) is -0.654. The van der Waals surface area contributed by atoms with Crippen molar-refractivity contribution in [3.05, 3.63) is 39.2 Å². The van der Waals surface area contributed by atoms with Crippen LogP contribution >= 0.6 is 0 Å². The summed E-state index contributed by atoms with van der Waals surface area (Å²) in [7, 11) is 1.11. The molecule has 0 unspecified atom stereocenters. The Hall–Kier alpha value is -3.30. The molecule has 3 rings (SSSR count). The Morgan fingerprint density at radius 2 is 1.81 bits per heavy atom. The van der Waals surface area contributed by atoms with Crippen molar-refractivity contribution in [3.63, 3.8) is 0 Å². The van der Waals surface area contributed by atoms with Gasteiger partial charge in [-0.3, -0.25) is 19.7 Å². The second kappa shape index (κ2) is 7.14. The SMILES string of the molecule is COC(=O)COc1cc(N2C(=O)C3=C(CCCC3)C2=O)c(F)cc1[N+](=O)[O-]. The topological polar surface area (TPSA) is 116 Å². The van der Waals surface area contributed by atoms with Crippen LogP contribution < -0.4 is 9.64 Å². The standard InChI is InChI=1S/C17H15FN2O7/c1-26-15(21)8-27-14-7-12(11(18)6-13(14)20(24)25)19-16(22)9-4-2-3-5-10(9)17(19)23/h6-7H,2-5,8H2,1H3. The Morgan fingerprint density at radius 1 is 1.22 bits per heavy atom. The number of esters is 1. The zero-order chi connectivity index (χ0) is 19.7. The number of hydrogen-bond donors (Lipinski definition) is 0. The summed E-state index contributed by atoms with van der Waals surface area (Å²) in [5, 5.41) is 11.1. The molecular weight excluding hydrogens is 363 g/mol. The number of benzene rings is 1. The lowest BCUT2D eigenvalue weighted by Gasteiger charge is -2.17. The van der Waals surface area contributed by atoms with Crippen molar-refractivity contribution in [3.8, 4) is 5.75 Å². The Bertz CT molecular complexity index is 866. The molecule has 0 N–H and O–H groups in total. The van der Waals surface area contributed by atoms with Crippen LogP contribution in [0, 0.1) is 15.9 Å². The quantitative estimate of drug-likeness (QED) is 0.333. The van der Waals surface area contributed by atoms with Gasteiger partial charge in [0.05, 0.1) is 23.8 Å². The third kappa shape index (κ3) is 3.25. The minimum atomic E-state index is -1.12. The van der Waals surface area contributed by atoms with E-state index < -0.39 is 52.3 Å². The maximum atomic E-state index is 14.5. The number of carbonyl (C=O) groups excluding carboxylic acids is 3. The highest BCUT2D eigenvalue weighted by atomic mass is 19.1. The lowest BCUT2D eigenvalue weighted by molar-refractivity contribution is -0.386. The zero-order valence-corrected chi connectivity index (χ0v) is 14.3. The van der Waals surface area contributed by atoms with Crippen LogP contribution in [-0.4, -0.2) is 36.4 Å². The molecule has 0 aromatic heterocycles. The Balaban J connectivity index is 2.01. The number of hydrogen-bond acceptors (Lipinski definition) is 7. The first-order valence-corrected chi connectivity index (χ1v) is 8.13. The zero-order valence-electron chi connectivity index (χ0n) is 14.3. The van der Waals surface area contributed by atoms with E-state index in [1.807, 2.05) is 0 Å². The molecule has 0 bridgehead atoms. The van der Waals surface area contributed by atoms with E-state index in [-0.39, 0.29) is 0 Å². The maximum absolute atomic E-state index is 14.5. The van der Waals surface area contributed by atoms with Gasteiger partial charge in [-0.25, -0.2) is 14.1 Å². The third-order valence-corrected chi connectivity index (χ3v) is 4.43. The van der Waals surface area contributed by atoms with Crippen LogP contribution in [0.2, 0.25) is 0 Å². The smallest absolute Gasteiger partial charge is 0.343 e. The summed E-state index contributed by atoms with van der Waals surface area (Å²) in [4.78, 5) is 47.3. The van der Waals surface area contributed by atoms with E-state index in [4.69, 9.17) is 4.74 Å². The van der Waals surface area contributed by atoms with Gasteiger partial charge in [0.25, 0.3) is 11.8 Å². The predicted molar refractivity (Wildman–Crippen MR) is 88.6 cm³/mol. The van der Waals surface area contributed by atoms with Crippen molar-refractivity contribution in [2.75, 3.05) is 18.6 Å². The van der Waals surface area contributed by atoms with Crippen molar-refractivity contribution < 1.29 is 33.2 Å². The van der Waals surface area contributed by atoms with Crippen molar-refractivity contribution in [2.24, 2.45) is 0 Å². The summed E-state index contributed by atoms with van der Waals surface area (Å²) in [5.41, 5.74) is -0.496. The molecule has 2 amide bonds. The van der Waals surface area contributed by atoms with E-state index in [0.717, 1.165) is 26.0 Å². The van der Waals surface area contributed by atoms with Gasteiger partial charge in [0.2, 0.25) is 0 Å². The molecule has 1 heterocycles. The first-order valence-electron chi connectivity index (χ1n) is 8.13. The summed E-state index contributed by atoms with van der Waals surface area (Å²) in [6.07, 6.45) is 2.36. The van der Waals surface area contributed by atoms with Crippen LogP contribution in [-0.2, 0) is 19.1 Å². The summed E-state index contributed by atoms with van der Waals surface area (Å²) in [5.74, 6) is -3.65. The van der Waals surface area contributed by atoms with Crippen LogP contribution in [0.5, 0.6) is 5.75 Å². The van der Waals surface area contributed by atoms with Crippen LogP contribution in [0.1, 0.15) is 25.7 Å². The van der Waals surface area contributed by atoms with E-state index in [9.17, 15) is 28.9 Å². The third-order valence-electron chi connectivity index (χ3n) is 4.43. The number of imide groups is 1. The highest BCUT2D eigenvalue weighted by Crippen LogP contribution is 2.40. The van der Waals surface area contributed by atoms with Crippen LogP contribution in [0.3, 0.4) is 0 Å². The highest BCUT2D eigenvalue weighted by Gasteiger charge is 2.41. The molecule has 0 saturated carbocycles. The van der Waals surface area contributed by atoms with E-state index in [1.165, 1.54) is 0 Å². The Kier molecular flexibility index (Phi) is 4.89. The first-order chi connectivity index (χ1) is 12.8. The number of methoxy groups -OCH3 is 1. The van der Waals surface area contributed by atoms with Crippen molar-refractivity contribution >= 4 is 29.2 Å². The molecule has 142 valence electrons. The number of halogens is 1. The molecule has 2 aliphatic rings. The summed E-state index contributed by atoms with van der Waals surface area (Å²) in [6, 6.07) is 1.43. The highest BCUT2D eigenvalue weighted by molar-refractivity contribution is 6.33. The Morgan fingerprint density at radius 3 is 2.33 bits per heavy atom. The minimum absolute atomic E-state index is 0.348. The van der Waals surface area contributed by atoms with Crippen molar-refractivity contribution in [2.45, 2.75) is 25.7 Å². The van der Waals surface area contributed by atoms with Gasteiger partial charge >= 0.3 is 11.7 Å².